The van der Waals surface area contributed by atoms with Gasteiger partial charge in [0.15, 0.2) is 0 Å². The molecule has 118 valence electrons. The molecule has 0 N–H and O–H groups in total. The number of hydrogen-bond donors (Lipinski definition) is 0. The molecule has 3 aromatic rings. The number of nitrogens with zero attached hydrogens (tertiary/aromatic N) is 1. The van der Waals surface area contributed by atoms with Crippen LogP contribution in [-0.2, 0) is 6.42 Å². The van der Waals surface area contributed by atoms with Crippen LogP contribution in [0.5, 0.6) is 5.75 Å². The van der Waals surface area contributed by atoms with Gasteiger partial charge in [0.1, 0.15) is 5.75 Å². The van der Waals surface area contributed by atoms with E-state index in [-0.39, 0.29) is 0 Å². The lowest BCUT2D eigenvalue weighted by atomic mass is 9.94. The van der Waals surface area contributed by atoms with Crippen LogP contribution in [0.1, 0.15) is 36.8 Å². The second-order valence-corrected chi connectivity index (χ2v) is 6.10. The highest BCUT2D eigenvalue weighted by molar-refractivity contribution is 5.78. The maximum Gasteiger partial charge on any atom is 0.118 e. The minimum Gasteiger partial charge on any atom is -0.497 e. The summed E-state index contributed by atoms with van der Waals surface area (Å²) in [6.07, 6.45) is 5.45. The first-order chi connectivity index (χ1) is 11.3. The van der Waals surface area contributed by atoms with Crippen molar-refractivity contribution in [3.05, 3.63) is 71.9 Å². The molecule has 2 heteroatoms. The Morgan fingerprint density at radius 3 is 2.61 bits per heavy atom. The van der Waals surface area contributed by atoms with Crippen molar-refractivity contribution >= 4 is 10.9 Å². The molecule has 0 saturated carbocycles. The Kier molecular flexibility index (Phi) is 4.92. The second kappa shape index (κ2) is 7.28. The Hall–Kier alpha value is -2.35. The number of rotatable bonds is 6. The van der Waals surface area contributed by atoms with Crippen molar-refractivity contribution in [2.75, 3.05) is 7.11 Å². The van der Waals surface area contributed by atoms with E-state index in [1.54, 1.807) is 7.11 Å². The van der Waals surface area contributed by atoms with Crippen LogP contribution in [0.4, 0.5) is 0 Å². The third kappa shape index (κ3) is 3.89. The molecular weight excluding hydrogens is 282 g/mol. The van der Waals surface area contributed by atoms with Gasteiger partial charge in [0, 0.05) is 11.6 Å². The van der Waals surface area contributed by atoms with E-state index in [1.807, 2.05) is 24.4 Å². The summed E-state index contributed by atoms with van der Waals surface area (Å²) in [7, 11) is 1.70. The predicted molar refractivity (Wildman–Crippen MR) is 96.1 cm³/mol. The summed E-state index contributed by atoms with van der Waals surface area (Å²) < 4.78 is 5.22. The molecule has 0 aliphatic rings. The molecule has 1 heterocycles. The van der Waals surface area contributed by atoms with Gasteiger partial charge in [-0.1, -0.05) is 37.3 Å². The third-order valence-electron chi connectivity index (χ3n) is 4.43. The number of hydrogen-bond acceptors (Lipinski definition) is 2. The van der Waals surface area contributed by atoms with Gasteiger partial charge in [0.05, 0.1) is 12.6 Å². The average molecular weight is 305 g/mol. The summed E-state index contributed by atoms with van der Waals surface area (Å²) >= 11 is 0. The molecule has 1 unspecified atom stereocenters. The first-order valence-corrected chi connectivity index (χ1v) is 8.24. The van der Waals surface area contributed by atoms with Gasteiger partial charge in [-0.05, 0) is 60.6 Å². The van der Waals surface area contributed by atoms with E-state index in [2.05, 4.69) is 48.3 Å². The van der Waals surface area contributed by atoms with Crippen LogP contribution in [0.25, 0.3) is 10.9 Å². The number of aromatic nitrogens is 1. The zero-order valence-electron chi connectivity index (χ0n) is 13.8. The van der Waals surface area contributed by atoms with Crippen molar-refractivity contribution in [2.45, 2.75) is 32.1 Å². The van der Waals surface area contributed by atoms with Crippen LogP contribution in [0, 0.1) is 0 Å². The molecule has 1 atom stereocenters. The van der Waals surface area contributed by atoms with E-state index in [1.165, 1.54) is 29.4 Å². The van der Waals surface area contributed by atoms with E-state index in [4.69, 9.17) is 4.74 Å². The quantitative estimate of drug-likeness (QED) is 0.611. The molecular formula is C21H23NO. The highest BCUT2D eigenvalue weighted by Gasteiger charge is 2.06. The zero-order chi connectivity index (χ0) is 16.1. The Balaban J connectivity index is 1.56. The van der Waals surface area contributed by atoms with Crippen LogP contribution in [0.15, 0.2) is 60.8 Å². The molecule has 0 aliphatic carbocycles. The average Bonchev–Trinajstić information content (AvgIpc) is 2.61. The Morgan fingerprint density at radius 2 is 1.83 bits per heavy atom. The highest BCUT2D eigenvalue weighted by Crippen LogP contribution is 2.24. The van der Waals surface area contributed by atoms with E-state index in [9.17, 15) is 0 Å². The minimum absolute atomic E-state index is 0.564. The summed E-state index contributed by atoms with van der Waals surface area (Å²) in [5, 5.41) is 1.23. The first-order valence-electron chi connectivity index (χ1n) is 8.24. The van der Waals surface area contributed by atoms with Crippen molar-refractivity contribution in [2.24, 2.45) is 0 Å². The number of aryl methyl sites for hydroxylation is 1. The standard InChI is InChI=1S/C21H23NO/c1-16(18-10-12-20(23-2)13-11-18)6-5-7-17-14-19-8-3-4-9-21(19)22-15-17/h3-4,8-16H,5-7H2,1-2H3. The Morgan fingerprint density at radius 1 is 1.04 bits per heavy atom. The van der Waals surface area contributed by atoms with Crippen LogP contribution >= 0.6 is 0 Å². The number of para-hydroxylation sites is 1. The molecule has 0 spiro atoms. The van der Waals surface area contributed by atoms with E-state index >= 15 is 0 Å². The van der Waals surface area contributed by atoms with Gasteiger partial charge in [-0.25, -0.2) is 0 Å². The van der Waals surface area contributed by atoms with E-state index < -0.39 is 0 Å². The number of pyridine rings is 1. The van der Waals surface area contributed by atoms with Crippen molar-refractivity contribution in [1.29, 1.82) is 0 Å². The predicted octanol–water partition coefficient (Wildman–Crippen LogP) is 5.37. The summed E-state index contributed by atoms with van der Waals surface area (Å²) in [5.74, 6) is 1.48. The topological polar surface area (TPSA) is 22.1 Å². The molecule has 0 amide bonds. The first kappa shape index (κ1) is 15.5. The van der Waals surface area contributed by atoms with Gasteiger partial charge in [0.2, 0.25) is 0 Å². The summed E-state index contributed by atoms with van der Waals surface area (Å²) in [6.45, 7) is 2.29. The molecule has 0 bridgehead atoms. The molecule has 0 radical (unpaired) electrons. The maximum atomic E-state index is 5.22. The van der Waals surface area contributed by atoms with Crippen LogP contribution in [-0.4, -0.2) is 12.1 Å². The summed E-state index contributed by atoms with van der Waals surface area (Å²) in [4.78, 5) is 4.54. The molecule has 2 aromatic carbocycles. The zero-order valence-corrected chi connectivity index (χ0v) is 13.8. The largest absolute Gasteiger partial charge is 0.497 e. The van der Waals surface area contributed by atoms with Gasteiger partial charge in [-0.15, -0.1) is 0 Å². The van der Waals surface area contributed by atoms with Gasteiger partial charge in [-0.2, -0.15) is 0 Å². The van der Waals surface area contributed by atoms with E-state index in [0.29, 0.717) is 5.92 Å². The van der Waals surface area contributed by atoms with Crippen LogP contribution < -0.4 is 4.74 Å². The normalized spacial score (nSPS) is 12.3. The fourth-order valence-corrected chi connectivity index (χ4v) is 2.96. The van der Waals surface area contributed by atoms with Gasteiger partial charge >= 0.3 is 0 Å². The summed E-state index contributed by atoms with van der Waals surface area (Å²) in [5.41, 5.74) is 3.77. The van der Waals surface area contributed by atoms with Gasteiger partial charge < -0.3 is 4.74 Å². The number of ether oxygens (including phenoxy) is 1. The third-order valence-corrected chi connectivity index (χ3v) is 4.43. The van der Waals surface area contributed by atoms with Crippen molar-refractivity contribution in [3.8, 4) is 5.75 Å². The van der Waals surface area contributed by atoms with Gasteiger partial charge in [-0.3, -0.25) is 4.98 Å². The number of fused-ring (bicyclic) bond motifs is 1. The van der Waals surface area contributed by atoms with Crippen LogP contribution in [0.3, 0.4) is 0 Å². The lowest BCUT2D eigenvalue weighted by Crippen LogP contribution is -1.96. The lowest BCUT2D eigenvalue weighted by molar-refractivity contribution is 0.414. The smallest absolute Gasteiger partial charge is 0.118 e. The van der Waals surface area contributed by atoms with Crippen LogP contribution in [0.2, 0.25) is 0 Å². The number of benzene rings is 2. The molecule has 0 aliphatic heterocycles. The van der Waals surface area contributed by atoms with Crippen molar-refractivity contribution in [3.63, 3.8) is 0 Å². The number of methoxy groups -OCH3 is 1. The Labute approximate surface area is 138 Å². The SMILES string of the molecule is COc1ccc(C(C)CCCc2cnc3ccccc3c2)cc1. The molecule has 23 heavy (non-hydrogen) atoms. The molecule has 0 fully saturated rings. The fraction of sp³-hybridized carbons (Fsp3) is 0.286. The molecule has 0 saturated heterocycles. The minimum atomic E-state index is 0.564. The molecule has 3 rings (SSSR count). The molecule has 2 nitrogen and oxygen atoms in total. The van der Waals surface area contributed by atoms with Crippen molar-refractivity contribution < 1.29 is 4.74 Å². The lowest BCUT2D eigenvalue weighted by Gasteiger charge is -2.12. The summed E-state index contributed by atoms with van der Waals surface area (Å²) in [6, 6.07) is 19.0. The Bertz CT molecular complexity index is 764. The molecule has 1 aromatic heterocycles. The highest BCUT2D eigenvalue weighted by atomic mass is 16.5. The maximum absolute atomic E-state index is 5.22. The van der Waals surface area contributed by atoms with Crippen molar-refractivity contribution in [1.82, 2.24) is 4.98 Å². The van der Waals surface area contributed by atoms with Gasteiger partial charge in [0.25, 0.3) is 0 Å². The fourth-order valence-electron chi connectivity index (χ4n) is 2.96. The monoisotopic (exact) mass is 305 g/mol. The van der Waals surface area contributed by atoms with E-state index in [0.717, 1.165) is 17.7 Å². The second-order valence-electron chi connectivity index (χ2n) is 6.10.